The fraction of sp³-hybridized carbons (Fsp3) is 0.0909. The van der Waals surface area contributed by atoms with E-state index in [0.29, 0.717) is 22.3 Å². The molecule has 4 nitrogen and oxygen atoms in total. The largest absolute Gasteiger partial charge is 0.487 e. The van der Waals surface area contributed by atoms with Crippen LogP contribution in [0.4, 0.5) is 0 Å². The fourth-order valence-corrected chi connectivity index (χ4v) is 6.57. The van der Waals surface area contributed by atoms with E-state index in [-0.39, 0.29) is 44.3 Å². The molecule has 0 heterocycles. The van der Waals surface area contributed by atoms with Crippen molar-refractivity contribution in [2.24, 2.45) is 0 Å². The first-order valence-electron chi connectivity index (χ1n) is 17.1. The Kier molecular flexibility index (Phi) is 7.34. The number of aliphatic hydroxyl groups excluding tert-OH is 2. The maximum absolute atomic E-state index is 9.74. The Morgan fingerprint density at radius 1 is 0.458 bits per heavy atom. The Bertz CT molecular complexity index is 2560. The van der Waals surface area contributed by atoms with Crippen molar-refractivity contribution >= 4 is 43.1 Å². The van der Waals surface area contributed by atoms with Crippen molar-refractivity contribution in [2.75, 3.05) is 26.4 Å². The fourth-order valence-electron chi connectivity index (χ4n) is 6.57. The second kappa shape index (κ2) is 12.8. The molecular weight excluding hydrogens is 592 g/mol. The van der Waals surface area contributed by atoms with Crippen molar-refractivity contribution in [2.45, 2.75) is 0 Å². The van der Waals surface area contributed by atoms with E-state index in [9.17, 15) is 11.6 Å². The summed E-state index contributed by atoms with van der Waals surface area (Å²) in [6, 6.07) is 45.6. The molecule has 0 radical (unpaired) electrons. The minimum absolute atomic E-state index is 0.000908. The van der Waals surface area contributed by atoms with Crippen LogP contribution in [0.15, 0.2) is 146 Å². The lowest BCUT2D eigenvalue weighted by Crippen LogP contribution is -2.07. The summed E-state index contributed by atoms with van der Waals surface area (Å²) in [4.78, 5) is 0. The summed E-state index contributed by atoms with van der Waals surface area (Å²) in [6.07, 6.45) is 0. The first kappa shape index (κ1) is 27.4. The molecule has 2 N–H and O–H groups in total. The first-order valence-corrected chi connectivity index (χ1v) is 16.1. The third-order valence-electron chi connectivity index (χ3n) is 8.88. The summed E-state index contributed by atoms with van der Waals surface area (Å²) in [6.45, 7) is -0.521. The molecule has 8 aromatic rings. The van der Waals surface area contributed by atoms with Crippen LogP contribution in [0.5, 0.6) is 11.5 Å². The highest BCUT2D eigenvalue weighted by atomic mass is 16.5. The quantitative estimate of drug-likeness (QED) is 0.167. The molecule has 8 aromatic carbocycles. The summed E-state index contributed by atoms with van der Waals surface area (Å²) < 4.78 is 30.9. The summed E-state index contributed by atoms with van der Waals surface area (Å²) in [5, 5.41) is 27.3. The number of rotatable bonds is 9. The molecular formula is C44H34O4. The highest BCUT2D eigenvalue weighted by Gasteiger charge is 2.19. The van der Waals surface area contributed by atoms with Crippen LogP contribution in [-0.2, 0) is 0 Å². The zero-order valence-corrected chi connectivity index (χ0v) is 26.2. The van der Waals surface area contributed by atoms with Crippen molar-refractivity contribution in [1.82, 2.24) is 0 Å². The number of hydrogen-bond acceptors (Lipinski definition) is 4. The highest BCUT2D eigenvalue weighted by molar-refractivity contribution is 6.10. The van der Waals surface area contributed by atoms with Crippen molar-refractivity contribution in [3.8, 4) is 44.9 Å². The van der Waals surface area contributed by atoms with Gasteiger partial charge < -0.3 is 19.7 Å². The van der Waals surface area contributed by atoms with Crippen molar-refractivity contribution in [1.29, 1.82) is 0 Å². The lowest BCUT2D eigenvalue weighted by atomic mass is 9.90. The molecule has 0 aliphatic rings. The number of benzene rings is 8. The van der Waals surface area contributed by atoms with Crippen LogP contribution in [0.3, 0.4) is 0 Å². The highest BCUT2D eigenvalue weighted by Crippen LogP contribution is 2.45. The van der Waals surface area contributed by atoms with Gasteiger partial charge in [0.15, 0.2) is 11.5 Å². The first-order chi connectivity index (χ1) is 24.5. The van der Waals surface area contributed by atoms with Gasteiger partial charge in [-0.15, -0.1) is 0 Å². The molecule has 234 valence electrons. The number of hydrogen-bond donors (Lipinski definition) is 2. The average Bonchev–Trinajstić information content (AvgIpc) is 3.16. The van der Waals surface area contributed by atoms with Crippen LogP contribution in [0, 0.1) is 0 Å². The molecule has 0 saturated carbocycles. The number of aliphatic hydroxyl groups is 2. The average molecular weight is 629 g/mol. The molecule has 0 aliphatic heterocycles. The molecule has 0 aromatic heterocycles. The smallest absolute Gasteiger partial charge is 0.169 e. The monoisotopic (exact) mass is 628 g/mol. The third kappa shape index (κ3) is 5.51. The van der Waals surface area contributed by atoms with E-state index in [1.807, 2.05) is 54.6 Å². The molecule has 0 bridgehead atoms. The van der Waals surface area contributed by atoms with Gasteiger partial charge >= 0.3 is 0 Å². The van der Waals surface area contributed by atoms with Gasteiger partial charge in [-0.25, -0.2) is 0 Å². The Morgan fingerprint density at radius 3 is 1.62 bits per heavy atom. The van der Waals surface area contributed by atoms with E-state index in [1.54, 1.807) is 6.07 Å². The molecule has 8 rings (SSSR count). The topological polar surface area (TPSA) is 58.9 Å². The summed E-state index contributed by atoms with van der Waals surface area (Å²) in [7, 11) is 0. The molecule has 48 heavy (non-hydrogen) atoms. The zero-order chi connectivity index (χ0) is 34.2. The lowest BCUT2D eigenvalue weighted by molar-refractivity contribution is 0.179. The molecule has 0 fully saturated rings. The SMILES string of the molecule is [2H]c1ccc2cc(-c3ccc4ccccc4c3)ccc2c1-c1c([2H])c(OCCO)c(OCCO)c2cc(-c3ccc4ccccc4c3)ccc12. The van der Waals surface area contributed by atoms with Gasteiger partial charge in [-0.3, -0.25) is 0 Å². The minimum Gasteiger partial charge on any atom is -0.487 e. The maximum Gasteiger partial charge on any atom is 0.169 e. The second-order valence-electron chi connectivity index (χ2n) is 11.8. The van der Waals surface area contributed by atoms with Gasteiger partial charge in [-0.2, -0.15) is 0 Å². The second-order valence-corrected chi connectivity index (χ2v) is 11.8. The number of ether oxygens (including phenoxy) is 2. The molecule has 0 atom stereocenters. The van der Waals surface area contributed by atoms with Crippen molar-refractivity contribution in [3.05, 3.63) is 146 Å². The van der Waals surface area contributed by atoms with Gasteiger partial charge in [0.1, 0.15) is 13.2 Å². The Hall–Kier alpha value is -5.68. The normalized spacial score (nSPS) is 12.0. The van der Waals surface area contributed by atoms with Gasteiger partial charge in [0.05, 0.1) is 16.0 Å². The molecule has 0 amide bonds. The lowest BCUT2D eigenvalue weighted by Gasteiger charge is -2.19. The van der Waals surface area contributed by atoms with Crippen LogP contribution < -0.4 is 9.47 Å². The van der Waals surface area contributed by atoms with E-state index in [0.717, 1.165) is 49.2 Å². The van der Waals surface area contributed by atoms with Crippen molar-refractivity contribution in [3.63, 3.8) is 0 Å². The van der Waals surface area contributed by atoms with Crippen LogP contribution in [0.2, 0.25) is 0 Å². The zero-order valence-electron chi connectivity index (χ0n) is 28.2. The molecule has 4 heteroatoms. The van der Waals surface area contributed by atoms with Gasteiger partial charge in [-0.1, -0.05) is 115 Å². The Labute approximate surface area is 281 Å². The molecule has 0 saturated heterocycles. The van der Waals surface area contributed by atoms with E-state index >= 15 is 0 Å². The maximum atomic E-state index is 9.74. The molecule has 0 unspecified atom stereocenters. The molecule has 0 aliphatic carbocycles. The van der Waals surface area contributed by atoms with Crippen LogP contribution in [0.25, 0.3) is 76.5 Å². The Morgan fingerprint density at radius 2 is 0.979 bits per heavy atom. The van der Waals surface area contributed by atoms with Gasteiger partial charge in [0.25, 0.3) is 0 Å². The molecule has 0 spiro atoms. The summed E-state index contributed by atoms with van der Waals surface area (Å²) in [5.41, 5.74) is 5.27. The summed E-state index contributed by atoms with van der Waals surface area (Å²) in [5.74, 6) is 0.485. The van der Waals surface area contributed by atoms with Gasteiger partial charge in [0.2, 0.25) is 0 Å². The summed E-state index contributed by atoms with van der Waals surface area (Å²) >= 11 is 0. The van der Waals surface area contributed by atoms with Gasteiger partial charge in [0, 0.05) is 5.39 Å². The number of fused-ring (bicyclic) bond motifs is 4. The standard InChI is InChI=1S/C44H34O4/c45-20-22-47-43-28-41(39-11-5-10-37-26-35(16-18-38(37)39)33-14-12-29-6-1-3-8-31(29)24-33)40-19-17-36(27-42(40)44(43)48-23-21-46)34-15-13-30-7-2-4-9-32(30)25-34/h1-19,24-28,45-46H,20-23H2/i11D,28D. The predicted molar refractivity (Wildman–Crippen MR) is 198 cm³/mol. The van der Waals surface area contributed by atoms with E-state index < -0.39 is 0 Å². The minimum atomic E-state index is -0.251. The van der Waals surface area contributed by atoms with Crippen LogP contribution in [0.1, 0.15) is 2.74 Å². The van der Waals surface area contributed by atoms with Gasteiger partial charge in [-0.05, 0) is 101 Å². The van der Waals surface area contributed by atoms with Crippen LogP contribution in [-0.4, -0.2) is 36.6 Å². The van der Waals surface area contributed by atoms with E-state index in [1.165, 1.54) is 10.8 Å². The van der Waals surface area contributed by atoms with Crippen LogP contribution >= 0.6 is 0 Å². The third-order valence-corrected chi connectivity index (χ3v) is 8.88. The predicted octanol–water partition coefficient (Wildman–Crippen LogP) is 10.0. The Balaban J connectivity index is 1.36. The van der Waals surface area contributed by atoms with E-state index in [2.05, 4.69) is 72.8 Å². The van der Waals surface area contributed by atoms with E-state index in [4.69, 9.17) is 10.8 Å². The van der Waals surface area contributed by atoms with Crippen molar-refractivity contribution < 1.29 is 22.4 Å².